The Morgan fingerprint density at radius 2 is 1.74 bits per heavy atom. The maximum Gasteiger partial charge on any atom is 0.256 e. The fraction of sp³-hybridized carbons (Fsp3) is 0.304. The number of benzene rings is 2. The number of hydrogen-bond acceptors (Lipinski definition) is 4. The molecule has 2 heterocycles. The number of sulfonamides is 1. The van der Waals surface area contributed by atoms with Crippen molar-refractivity contribution in [2.45, 2.75) is 44.7 Å². The molecule has 31 heavy (non-hydrogen) atoms. The highest BCUT2D eigenvalue weighted by Gasteiger charge is 2.28. The zero-order valence-electron chi connectivity index (χ0n) is 17.9. The van der Waals surface area contributed by atoms with Crippen LogP contribution in [0.5, 0.6) is 0 Å². The number of aryl methyl sites for hydroxylation is 1. The third-order valence-corrected chi connectivity index (χ3v) is 7.30. The molecule has 1 N–H and O–H groups in total. The van der Waals surface area contributed by atoms with Crippen molar-refractivity contribution < 1.29 is 13.2 Å². The average molecular weight is 439 g/mol. The quantitative estimate of drug-likeness (QED) is 0.657. The van der Waals surface area contributed by atoms with Crippen LogP contribution in [0.1, 0.15) is 47.1 Å². The summed E-state index contributed by atoms with van der Waals surface area (Å²) in [5.74, 6) is 0.304. The zero-order valence-corrected chi connectivity index (χ0v) is 18.7. The molecule has 0 aliphatic carbocycles. The van der Waals surface area contributed by atoms with Crippen molar-refractivity contribution in [1.29, 1.82) is 0 Å². The summed E-state index contributed by atoms with van der Waals surface area (Å²) in [5.41, 5.74) is 3.42. The highest BCUT2D eigenvalue weighted by atomic mass is 32.2. The third kappa shape index (κ3) is 4.26. The van der Waals surface area contributed by atoms with E-state index in [-0.39, 0.29) is 16.8 Å². The van der Waals surface area contributed by atoms with Crippen LogP contribution in [-0.4, -0.2) is 35.0 Å². The van der Waals surface area contributed by atoms with Gasteiger partial charge in [-0.3, -0.25) is 4.79 Å². The van der Waals surface area contributed by atoms with Gasteiger partial charge in [-0.15, -0.1) is 0 Å². The zero-order chi connectivity index (χ0) is 22.2. The first-order valence-electron chi connectivity index (χ1n) is 10.3. The van der Waals surface area contributed by atoms with Gasteiger partial charge in [-0.2, -0.15) is 9.40 Å². The summed E-state index contributed by atoms with van der Waals surface area (Å²) in [6, 6.07) is 15.9. The number of amides is 1. The van der Waals surface area contributed by atoms with Crippen LogP contribution in [0.25, 0.3) is 0 Å². The third-order valence-electron chi connectivity index (χ3n) is 5.44. The van der Waals surface area contributed by atoms with E-state index in [1.54, 1.807) is 16.8 Å². The molecule has 0 atom stereocenters. The molecule has 7 nitrogen and oxygen atoms in total. The number of anilines is 1. The van der Waals surface area contributed by atoms with Crippen LogP contribution in [0.15, 0.2) is 59.5 Å². The molecule has 2 aromatic carbocycles. The minimum Gasteiger partial charge on any atom is -0.307 e. The van der Waals surface area contributed by atoms with Gasteiger partial charge in [0.2, 0.25) is 10.0 Å². The van der Waals surface area contributed by atoms with E-state index in [2.05, 4.69) is 10.4 Å². The second-order valence-electron chi connectivity index (χ2n) is 8.05. The van der Waals surface area contributed by atoms with Crippen LogP contribution < -0.4 is 5.32 Å². The van der Waals surface area contributed by atoms with Crippen LogP contribution >= 0.6 is 0 Å². The van der Waals surface area contributed by atoms with Crippen molar-refractivity contribution in [2.24, 2.45) is 0 Å². The summed E-state index contributed by atoms with van der Waals surface area (Å²) in [5, 5.41) is 7.25. The largest absolute Gasteiger partial charge is 0.307 e. The van der Waals surface area contributed by atoms with Crippen molar-refractivity contribution >= 4 is 21.7 Å². The summed E-state index contributed by atoms with van der Waals surface area (Å²) in [6.45, 7) is 6.65. The molecule has 1 aliphatic heterocycles. The van der Waals surface area contributed by atoms with Crippen LogP contribution in [-0.2, 0) is 23.0 Å². The molecule has 162 valence electrons. The molecule has 8 heteroatoms. The minimum absolute atomic E-state index is 0.103. The molecule has 1 amide bonds. The number of nitrogens with zero attached hydrogens (tertiary/aromatic N) is 3. The Kier molecular flexibility index (Phi) is 5.68. The van der Waals surface area contributed by atoms with E-state index in [9.17, 15) is 13.2 Å². The molecule has 4 rings (SSSR count). The van der Waals surface area contributed by atoms with Crippen molar-refractivity contribution in [2.75, 3.05) is 11.9 Å². The van der Waals surface area contributed by atoms with E-state index >= 15 is 0 Å². The van der Waals surface area contributed by atoms with Crippen LogP contribution in [0.3, 0.4) is 0 Å². The molecule has 1 aliphatic rings. The first-order valence-corrected chi connectivity index (χ1v) is 11.7. The maximum absolute atomic E-state index is 13.1. The Balaban J connectivity index is 1.51. The average Bonchev–Trinajstić information content (AvgIpc) is 3.13. The molecule has 0 spiro atoms. The number of carbonyl (C=O) groups excluding carboxylic acids is 1. The van der Waals surface area contributed by atoms with Gasteiger partial charge in [-0.05, 0) is 62.6 Å². The first kappa shape index (κ1) is 21.3. The highest BCUT2D eigenvalue weighted by Crippen LogP contribution is 2.25. The van der Waals surface area contributed by atoms with Crippen molar-refractivity contribution in [1.82, 2.24) is 14.1 Å². The van der Waals surface area contributed by atoms with E-state index in [1.807, 2.05) is 51.1 Å². The lowest BCUT2D eigenvalue weighted by Gasteiger charge is -2.28. The lowest BCUT2D eigenvalue weighted by atomic mass is 10.0. The van der Waals surface area contributed by atoms with Gasteiger partial charge in [-0.1, -0.05) is 24.3 Å². The number of fused-ring (bicyclic) bond motifs is 1. The van der Waals surface area contributed by atoms with E-state index in [0.717, 1.165) is 11.3 Å². The van der Waals surface area contributed by atoms with Gasteiger partial charge in [0.05, 0.1) is 10.6 Å². The van der Waals surface area contributed by atoms with Gasteiger partial charge in [-0.25, -0.2) is 13.1 Å². The van der Waals surface area contributed by atoms with Crippen molar-refractivity contribution in [3.8, 4) is 0 Å². The van der Waals surface area contributed by atoms with Crippen LogP contribution in [0, 0.1) is 6.92 Å². The smallest absolute Gasteiger partial charge is 0.256 e. The highest BCUT2D eigenvalue weighted by molar-refractivity contribution is 7.89. The van der Waals surface area contributed by atoms with E-state index in [1.165, 1.54) is 22.0 Å². The normalized spacial score (nSPS) is 14.5. The number of aromatic nitrogens is 2. The maximum atomic E-state index is 13.1. The fourth-order valence-electron chi connectivity index (χ4n) is 3.79. The fourth-order valence-corrected chi connectivity index (χ4v) is 5.21. The van der Waals surface area contributed by atoms with Crippen molar-refractivity contribution in [3.05, 3.63) is 77.0 Å². The summed E-state index contributed by atoms with van der Waals surface area (Å²) in [7, 11) is -3.63. The van der Waals surface area contributed by atoms with Gasteiger partial charge >= 0.3 is 0 Å². The second kappa shape index (κ2) is 8.28. The molecule has 1 aromatic heterocycles. The number of nitrogens with one attached hydrogen (secondary N) is 1. The molecule has 0 saturated carbocycles. The molecule has 0 bridgehead atoms. The van der Waals surface area contributed by atoms with Crippen LogP contribution in [0.4, 0.5) is 5.82 Å². The molecular weight excluding hydrogens is 412 g/mol. The molecule has 0 unspecified atom stereocenters. The van der Waals surface area contributed by atoms with Gasteiger partial charge in [0.25, 0.3) is 5.91 Å². The number of hydrogen-bond donors (Lipinski definition) is 1. The summed E-state index contributed by atoms with van der Waals surface area (Å²) < 4.78 is 29.5. The van der Waals surface area contributed by atoms with E-state index in [4.69, 9.17) is 0 Å². The second-order valence-corrected chi connectivity index (χ2v) is 9.98. The molecule has 0 radical (unpaired) electrons. The van der Waals surface area contributed by atoms with Gasteiger partial charge in [0, 0.05) is 30.8 Å². The summed E-state index contributed by atoms with van der Waals surface area (Å²) in [4.78, 5) is 12.9. The van der Waals surface area contributed by atoms with E-state index in [0.29, 0.717) is 30.9 Å². The van der Waals surface area contributed by atoms with Crippen LogP contribution in [0.2, 0.25) is 0 Å². The van der Waals surface area contributed by atoms with Crippen molar-refractivity contribution in [3.63, 3.8) is 0 Å². The summed E-state index contributed by atoms with van der Waals surface area (Å²) >= 11 is 0. The Morgan fingerprint density at radius 1 is 1.06 bits per heavy atom. The molecule has 0 fully saturated rings. The molecule has 0 saturated heterocycles. The standard InChI is InChI=1S/C23H26N4O3S/c1-16(2)27-22(14-17(3)25-27)24-23(28)19-8-10-21(11-9-19)31(29,30)26-13-12-18-6-4-5-7-20(18)15-26/h4-11,14,16H,12-13,15H2,1-3H3,(H,24,28). The van der Waals surface area contributed by atoms with Gasteiger partial charge in [0.15, 0.2) is 0 Å². The predicted octanol–water partition coefficient (Wildman–Crippen LogP) is 3.77. The predicted molar refractivity (Wildman–Crippen MR) is 119 cm³/mol. The topological polar surface area (TPSA) is 84.3 Å². The van der Waals surface area contributed by atoms with Gasteiger partial charge < -0.3 is 5.32 Å². The Hall–Kier alpha value is -2.97. The minimum atomic E-state index is -3.63. The van der Waals surface area contributed by atoms with E-state index < -0.39 is 10.0 Å². The Labute approximate surface area is 182 Å². The molecule has 3 aromatic rings. The lowest BCUT2D eigenvalue weighted by molar-refractivity contribution is 0.102. The number of carbonyl (C=O) groups is 1. The van der Waals surface area contributed by atoms with Gasteiger partial charge in [0.1, 0.15) is 5.82 Å². The monoisotopic (exact) mass is 438 g/mol. The lowest BCUT2D eigenvalue weighted by Crippen LogP contribution is -2.35. The Morgan fingerprint density at radius 3 is 2.42 bits per heavy atom. The SMILES string of the molecule is Cc1cc(NC(=O)c2ccc(S(=O)(=O)N3CCc4ccccc4C3)cc2)n(C(C)C)n1. The number of rotatable bonds is 5. The first-order chi connectivity index (χ1) is 14.8. The summed E-state index contributed by atoms with van der Waals surface area (Å²) in [6.07, 6.45) is 0.693. The Bertz CT molecular complexity index is 1210. The molecular formula is C23H26N4O3S.